The molecule has 1 fully saturated rings. The number of nitrogens with one attached hydrogen (secondary N) is 1. The van der Waals surface area contributed by atoms with Gasteiger partial charge in [-0.2, -0.15) is 0 Å². The van der Waals surface area contributed by atoms with Crippen LogP contribution in [0.1, 0.15) is 16.8 Å². The zero-order chi connectivity index (χ0) is 17.5. The number of benzene rings is 1. The lowest BCUT2D eigenvalue weighted by Gasteiger charge is -2.31. The fraction of sp³-hybridized carbons (Fsp3) is 0.438. The molecule has 1 aliphatic heterocycles. The topological polar surface area (TPSA) is 75.7 Å². The predicted octanol–water partition coefficient (Wildman–Crippen LogP) is 1.58. The Morgan fingerprint density at radius 3 is 2.71 bits per heavy atom. The van der Waals surface area contributed by atoms with Gasteiger partial charge in [0.05, 0.1) is 7.11 Å². The number of carbonyl (C=O) groups excluding carboxylic acids is 3. The van der Waals surface area contributed by atoms with Crippen molar-refractivity contribution < 1.29 is 19.1 Å². The van der Waals surface area contributed by atoms with Crippen LogP contribution in [0.15, 0.2) is 24.3 Å². The fourth-order valence-electron chi connectivity index (χ4n) is 2.29. The highest BCUT2D eigenvalue weighted by molar-refractivity contribution is 8.00. The van der Waals surface area contributed by atoms with Crippen molar-refractivity contribution in [1.29, 1.82) is 0 Å². The third-order valence-electron chi connectivity index (χ3n) is 3.61. The molecule has 1 heterocycles. The van der Waals surface area contributed by atoms with E-state index < -0.39 is 0 Å². The number of nitrogens with zero attached hydrogens (tertiary/aromatic N) is 1. The van der Waals surface area contributed by atoms with Crippen LogP contribution in [0.4, 0.5) is 0 Å². The van der Waals surface area contributed by atoms with Gasteiger partial charge in [-0.05, 0) is 24.3 Å². The monoisotopic (exact) mass is 370 g/mol. The van der Waals surface area contributed by atoms with Gasteiger partial charge in [0, 0.05) is 42.4 Å². The molecule has 2 amide bonds. The van der Waals surface area contributed by atoms with E-state index in [2.05, 4.69) is 5.32 Å². The lowest BCUT2D eigenvalue weighted by molar-refractivity contribution is -0.141. The van der Waals surface area contributed by atoms with Gasteiger partial charge in [0.15, 0.2) is 0 Å². The molecule has 1 aliphatic rings. The van der Waals surface area contributed by atoms with Crippen molar-refractivity contribution in [2.45, 2.75) is 11.7 Å². The second-order valence-electron chi connectivity index (χ2n) is 5.24. The normalized spacial score (nSPS) is 17.2. The van der Waals surface area contributed by atoms with Gasteiger partial charge in [-0.15, -0.1) is 11.8 Å². The Morgan fingerprint density at radius 2 is 2.04 bits per heavy atom. The van der Waals surface area contributed by atoms with Gasteiger partial charge < -0.3 is 15.0 Å². The van der Waals surface area contributed by atoms with E-state index in [0.29, 0.717) is 29.4 Å². The summed E-state index contributed by atoms with van der Waals surface area (Å²) >= 11 is 7.27. The largest absolute Gasteiger partial charge is 0.468 e. The van der Waals surface area contributed by atoms with Crippen LogP contribution < -0.4 is 5.32 Å². The summed E-state index contributed by atoms with van der Waals surface area (Å²) in [6.07, 6.45) is 0.192. The van der Waals surface area contributed by atoms with E-state index in [-0.39, 0.29) is 36.0 Å². The maximum Gasteiger partial charge on any atom is 0.320 e. The Morgan fingerprint density at radius 1 is 1.33 bits per heavy atom. The van der Waals surface area contributed by atoms with Crippen molar-refractivity contribution in [3.8, 4) is 0 Å². The molecule has 1 aromatic carbocycles. The fourth-order valence-corrected chi connectivity index (χ4v) is 3.55. The van der Waals surface area contributed by atoms with Crippen LogP contribution in [0.2, 0.25) is 5.02 Å². The molecule has 8 heteroatoms. The van der Waals surface area contributed by atoms with Crippen molar-refractivity contribution in [2.24, 2.45) is 0 Å². The summed E-state index contributed by atoms with van der Waals surface area (Å²) in [6.45, 7) is 1.19. The van der Waals surface area contributed by atoms with E-state index in [1.54, 1.807) is 29.2 Å². The molecule has 6 nitrogen and oxygen atoms in total. The summed E-state index contributed by atoms with van der Waals surface area (Å²) in [7, 11) is 1.34. The van der Waals surface area contributed by atoms with Crippen LogP contribution in [0.5, 0.6) is 0 Å². The smallest absolute Gasteiger partial charge is 0.320 e. The van der Waals surface area contributed by atoms with E-state index in [0.717, 1.165) is 0 Å². The number of esters is 1. The first-order valence-corrected chi connectivity index (χ1v) is 8.95. The molecule has 0 saturated carbocycles. The third kappa shape index (κ3) is 5.14. The molecular weight excluding hydrogens is 352 g/mol. The molecular formula is C16H19ClN2O4S. The number of hydrogen-bond donors (Lipinski definition) is 1. The molecule has 0 aromatic heterocycles. The molecule has 0 spiro atoms. The number of ether oxygens (including phenoxy) is 1. The minimum Gasteiger partial charge on any atom is -0.468 e. The maximum atomic E-state index is 12.2. The number of rotatable bonds is 5. The molecule has 130 valence electrons. The molecule has 1 aromatic rings. The van der Waals surface area contributed by atoms with Crippen LogP contribution in [-0.2, 0) is 14.3 Å². The van der Waals surface area contributed by atoms with E-state index in [1.165, 1.54) is 18.9 Å². The standard InChI is InChI=1S/C16H19ClN2O4S/c1-23-16(22)13-10-19(8-9-24-13)14(20)6-7-18-15(21)11-2-4-12(17)5-3-11/h2-5,13H,6-10H2,1H3,(H,18,21)/t13-/m0/s1. The average Bonchev–Trinajstić information content (AvgIpc) is 2.61. The Labute approximate surface area is 149 Å². The van der Waals surface area contributed by atoms with E-state index in [9.17, 15) is 14.4 Å². The lowest BCUT2D eigenvalue weighted by Crippen LogP contribution is -2.45. The predicted molar refractivity (Wildman–Crippen MR) is 93.2 cm³/mol. The quantitative estimate of drug-likeness (QED) is 0.796. The van der Waals surface area contributed by atoms with Gasteiger partial charge in [0.25, 0.3) is 5.91 Å². The van der Waals surface area contributed by atoms with Crippen LogP contribution in [0, 0.1) is 0 Å². The molecule has 0 bridgehead atoms. The van der Waals surface area contributed by atoms with Crippen molar-refractivity contribution in [1.82, 2.24) is 10.2 Å². The number of methoxy groups -OCH3 is 1. The second kappa shape index (κ2) is 8.94. The molecule has 2 rings (SSSR count). The zero-order valence-corrected chi connectivity index (χ0v) is 14.9. The van der Waals surface area contributed by atoms with Crippen LogP contribution in [0.25, 0.3) is 0 Å². The molecule has 1 N–H and O–H groups in total. The van der Waals surface area contributed by atoms with Crippen LogP contribution in [-0.4, -0.2) is 60.4 Å². The average molecular weight is 371 g/mol. The Balaban J connectivity index is 1.77. The summed E-state index contributed by atoms with van der Waals surface area (Å²) in [6, 6.07) is 6.53. The summed E-state index contributed by atoms with van der Waals surface area (Å²) in [4.78, 5) is 37.4. The number of halogens is 1. The molecule has 1 saturated heterocycles. The van der Waals surface area contributed by atoms with Gasteiger partial charge >= 0.3 is 5.97 Å². The second-order valence-corrected chi connectivity index (χ2v) is 6.98. The molecule has 1 atom stereocenters. The number of amides is 2. The van der Waals surface area contributed by atoms with Gasteiger partial charge in [0.2, 0.25) is 5.91 Å². The molecule has 0 radical (unpaired) electrons. The highest BCUT2D eigenvalue weighted by Gasteiger charge is 2.29. The van der Waals surface area contributed by atoms with E-state index in [4.69, 9.17) is 16.3 Å². The minimum absolute atomic E-state index is 0.0828. The van der Waals surface area contributed by atoms with Gasteiger partial charge in [-0.1, -0.05) is 11.6 Å². The van der Waals surface area contributed by atoms with Crippen LogP contribution >= 0.6 is 23.4 Å². The van der Waals surface area contributed by atoms with Crippen molar-refractivity contribution in [3.63, 3.8) is 0 Å². The number of hydrogen-bond acceptors (Lipinski definition) is 5. The minimum atomic E-state index is -0.337. The van der Waals surface area contributed by atoms with Crippen LogP contribution in [0.3, 0.4) is 0 Å². The zero-order valence-electron chi connectivity index (χ0n) is 13.3. The highest BCUT2D eigenvalue weighted by atomic mass is 35.5. The summed E-state index contributed by atoms with van der Waals surface area (Å²) in [5.74, 6) is 0.0538. The van der Waals surface area contributed by atoms with Crippen molar-refractivity contribution in [3.05, 3.63) is 34.9 Å². The highest BCUT2D eigenvalue weighted by Crippen LogP contribution is 2.20. The maximum absolute atomic E-state index is 12.2. The Bertz CT molecular complexity index is 609. The summed E-state index contributed by atoms with van der Waals surface area (Å²) < 4.78 is 4.72. The summed E-state index contributed by atoms with van der Waals surface area (Å²) in [5, 5.41) is 2.93. The van der Waals surface area contributed by atoms with E-state index in [1.807, 2.05) is 0 Å². The number of carbonyl (C=O) groups is 3. The first-order valence-electron chi connectivity index (χ1n) is 7.52. The summed E-state index contributed by atoms with van der Waals surface area (Å²) in [5.41, 5.74) is 0.493. The van der Waals surface area contributed by atoms with Gasteiger partial charge in [-0.3, -0.25) is 14.4 Å². The SMILES string of the molecule is COC(=O)[C@@H]1CN(C(=O)CCNC(=O)c2ccc(Cl)cc2)CCS1. The third-order valence-corrected chi connectivity index (χ3v) is 5.03. The van der Waals surface area contributed by atoms with Gasteiger partial charge in [-0.25, -0.2) is 0 Å². The van der Waals surface area contributed by atoms with Gasteiger partial charge in [0.1, 0.15) is 5.25 Å². The molecule has 24 heavy (non-hydrogen) atoms. The van der Waals surface area contributed by atoms with E-state index >= 15 is 0 Å². The number of thioether (sulfide) groups is 1. The van der Waals surface area contributed by atoms with Crippen molar-refractivity contribution >= 4 is 41.1 Å². The lowest BCUT2D eigenvalue weighted by atomic mass is 10.2. The van der Waals surface area contributed by atoms with Crippen molar-refractivity contribution in [2.75, 3.05) is 32.5 Å². The molecule has 0 unspecified atom stereocenters. The Hall–Kier alpha value is -1.73. The first kappa shape index (κ1) is 18.6. The molecule has 0 aliphatic carbocycles. The Kier molecular flexibility index (Phi) is 6.93. The first-order chi connectivity index (χ1) is 11.5.